The maximum Gasteiger partial charge on any atom is 0.352 e. The number of aromatic amines is 1. The van der Waals surface area contributed by atoms with Gasteiger partial charge >= 0.3 is 5.97 Å². The molecule has 5 heteroatoms. The Hall–Kier alpha value is -2.43. The van der Waals surface area contributed by atoms with Crippen LogP contribution >= 0.6 is 0 Å². The molecule has 0 unspecified atom stereocenters. The zero-order valence-electron chi connectivity index (χ0n) is 9.06. The molecule has 1 aromatic carbocycles. The summed E-state index contributed by atoms with van der Waals surface area (Å²) in [4.78, 5) is 13.7. The first kappa shape index (κ1) is 9.77. The molecule has 3 rings (SSSR count). The predicted molar refractivity (Wildman–Crippen MR) is 63.4 cm³/mol. The van der Waals surface area contributed by atoms with E-state index in [0.29, 0.717) is 0 Å². The first-order valence-corrected chi connectivity index (χ1v) is 5.11. The topological polar surface area (TPSA) is 78.2 Å². The fourth-order valence-electron chi connectivity index (χ4n) is 2.18. The standard InChI is InChI=1S/C12H10N2O3/c1-14-9-3-2-6(15)4-7(9)11-10(14)5-8(13-11)12(16)17/h2-5,13,15H,1H3,(H,16,17). The molecule has 2 aromatic heterocycles. The Morgan fingerprint density at radius 2 is 2.06 bits per heavy atom. The number of carbonyl (C=O) groups is 1. The van der Waals surface area contributed by atoms with Crippen LogP contribution in [-0.2, 0) is 7.05 Å². The second-order valence-electron chi connectivity index (χ2n) is 4.01. The van der Waals surface area contributed by atoms with E-state index < -0.39 is 5.97 Å². The molecule has 0 saturated heterocycles. The van der Waals surface area contributed by atoms with Crippen LogP contribution in [0.3, 0.4) is 0 Å². The molecule has 0 radical (unpaired) electrons. The number of aromatic hydroxyl groups is 1. The smallest absolute Gasteiger partial charge is 0.352 e. The van der Waals surface area contributed by atoms with Crippen molar-refractivity contribution in [2.75, 3.05) is 0 Å². The Morgan fingerprint density at radius 1 is 1.29 bits per heavy atom. The van der Waals surface area contributed by atoms with Crippen molar-refractivity contribution in [2.45, 2.75) is 0 Å². The maximum atomic E-state index is 10.9. The number of carboxylic acid groups (broad SMARTS) is 1. The molecule has 0 atom stereocenters. The summed E-state index contributed by atoms with van der Waals surface area (Å²) in [6.07, 6.45) is 0. The number of rotatable bonds is 1. The molecule has 0 bridgehead atoms. The summed E-state index contributed by atoms with van der Waals surface area (Å²) in [5.74, 6) is -0.828. The molecular weight excluding hydrogens is 220 g/mol. The van der Waals surface area contributed by atoms with Crippen molar-refractivity contribution in [1.29, 1.82) is 0 Å². The molecule has 0 aliphatic carbocycles. The van der Waals surface area contributed by atoms with Crippen molar-refractivity contribution in [3.63, 3.8) is 0 Å². The number of phenols is 1. The number of aromatic nitrogens is 2. The van der Waals surface area contributed by atoms with E-state index in [1.54, 1.807) is 24.3 Å². The molecule has 86 valence electrons. The van der Waals surface area contributed by atoms with Gasteiger partial charge < -0.3 is 19.8 Å². The van der Waals surface area contributed by atoms with Crippen LogP contribution in [0.5, 0.6) is 5.75 Å². The normalized spacial score (nSPS) is 11.4. The zero-order chi connectivity index (χ0) is 12.2. The molecule has 0 saturated carbocycles. The number of hydrogen-bond donors (Lipinski definition) is 3. The summed E-state index contributed by atoms with van der Waals surface area (Å²) in [6, 6.07) is 6.63. The van der Waals surface area contributed by atoms with Crippen LogP contribution in [0.2, 0.25) is 0 Å². The predicted octanol–water partition coefficient (Wildman–Crippen LogP) is 2.06. The number of H-pyrrole nitrogens is 1. The molecular formula is C12H10N2O3. The van der Waals surface area contributed by atoms with Gasteiger partial charge in [-0.05, 0) is 24.3 Å². The Bertz CT molecular complexity index is 752. The van der Waals surface area contributed by atoms with Crippen molar-refractivity contribution in [3.05, 3.63) is 30.0 Å². The molecule has 0 aliphatic rings. The summed E-state index contributed by atoms with van der Waals surface area (Å²) < 4.78 is 1.90. The van der Waals surface area contributed by atoms with Gasteiger partial charge in [0, 0.05) is 12.4 Å². The third kappa shape index (κ3) is 1.22. The van der Waals surface area contributed by atoms with E-state index in [2.05, 4.69) is 4.98 Å². The molecule has 0 spiro atoms. The van der Waals surface area contributed by atoms with Crippen LogP contribution in [-0.4, -0.2) is 25.7 Å². The van der Waals surface area contributed by atoms with Gasteiger partial charge in [0.05, 0.1) is 16.6 Å². The average molecular weight is 230 g/mol. The summed E-state index contributed by atoms with van der Waals surface area (Å²) in [6.45, 7) is 0. The summed E-state index contributed by atoms with van der Waals surface area (Å²) in [7, 11) is 1.86. The van der Waals surface area contributed by atoms with Gasteiger partial charge in [-0.2, -0.15) is 0 Å². The second-order valence-corrected chi connectivity index (χ2v) is 4.01. The molecule has 2 heterocycles. The first-order valence-electron chi connectivity index (χ1n) is 5.11. The number of hydrogen-bond acceptors (Lipinski definition) is 2. The first-order chi connectivity index (χ1) is 8.08. The number of nitrogens with zero attached hydrogens (tertiary/aromatic N) is 1. The largest absolute Gasteiger partial charge is 0.508 e. The van der Waals surface area contributed by atoms with Crippen LogP contribution in [0.4, 0.5) is 0 Å². The van der Waals surface area contributed by atoms with Gasteiger partial charge in [-0.1, -0.05) is 0 Å². The highest BCUT2D eigenvalue weighted by atomic mass is 16.4. The number of phenolic OH excluding ortho intramolecular Hbond substituents is 1. The minimum absolute atomic E-state index is 0.149. The lowest BCUT2D eigenvalue weighted by molar-refractivity contribution is 0.0691. The number of fused-ring (bicyclic) bond motifs is 3. The maximum absolute atomic E-state index is 10.9. The van der Waals surface area contributed by atoms with E-state index in [0.717, 1.165) is 21.9 Å². The Labute approximate surface area is 95.9 Å². The van der Waals surface area contributed by atoms with Gasteiger partial charge in [-0.15, -0.1) is 0 Å². The van der Waals surface area contributed by atoms with Gasteiger partial charge in [-0.25, -0.2) is 4.79 Å². The lowest BCUT2D eigenvalue weighted by Gasteiger charge is -1.97. The number of aromatic carboxylic acids is 1. The van der Waals surface area contributed by atoms with Crippen LogP contribution < -0.4 is 0 Å². The summed E-state index contributed by atoms with van der Waals surface area (Å²) in [5, 5.41) is 19.2. The van der Waals surface area contributed by atoms with Crippen LogP contribution in [0, 0.1) is 0 Å². The van der Waals surface area contributed by atoms with Crippen molar-refractivity contribution >= 4 is 27.9 Å². The van der Waals surface area contributed by atoms with Gasteiger partial charge in [0.2, 0.25) is 0 Å². The lowest BCUT2D eigenvalue weighted by atomic mass is 10.2. The average Bonchev–Trinajstić information content (AvgIpc) is 2.80. The van der Waals surface area contributed by atoms with Crippen LogP contribution in [0.15, 0.2) is 24.3 Å². The Kier molecular flexibility index (Phi) is 1.75. The Morgan fingerprint density at radius 3 is 2.76 bits per heavy atom. The molecule has 0 amide bonds. The molecule has 17 heavy (non-hydrogen) atoms. The van der Waals surface area contributed by atoms with Crippen molar-refractivity contribution < 1.29 is 15.0 Å². The Balaban J connectivity index is 2.48. The van der Waals surface area contributed by atoms with Gasteiger partial charge in [0.25, 0.3) is 0 Å². The van der Waals surface area contributed by atoms with Gasteiger partial charge in [0.15, 0.2) is 0 Å². The third-order valence-electron chi connectivity index (χ3n) is 3.00. The van der Waals surface area contributed by atoms with E-state index in [1.165, 1.54) is 0 Å². The van der Waals surface area contributed by atoms with Crippen molar-refractivity contribution in [1.82, 2.24) is 9.55 Å². The van der Waals surface area contributed by atoms with Crippen molar-refractivity contribution in [2.24, 2.45) is 7.05 Å². The third-order valence-corrected chi connectivity index (χ3v) is 3.00. The van der Waals surface area contributed by atoms with Crippen LogP contribution in [0.1, 0.15) is 10.5 Å². The van der Waals surface area contributed by atoms with E-state index in [9.17, 15) is 9.90 Å². The second kappa shape index (κ2) is 3.04. The number of aryl methyl sites for hydroxylation is 1. The van der Waals surface area contributed by atoms with E-state index in [1.807, 2.05) is 11.6 Å². The fourth-order valence-corrected chi connectivity index (χ4v) is 2.18. The molecule has 0 aliphatic heterocycles. The molecule has 5 nitrogen and oxygen atoms in total. The minimum Gasteiger partial charge on any atom is -0.508 e. The van der Waals surface area contributed by atoms with Crippen molar-refractivity contribution in [3.8, 4) is 5.75 Å². The van der Waals surface area contributed by atoms with E-state index in [-0.39, 0.29) is 11.4 Å². The van der Waals surface area contributed by atoms with Crippen LogP contribution in [0.25, 0.3) is 21.9 Å². The van der Waals surface area contributed by atoms with Gasteiger partial charge in [0.1, 0.15) is 11.4 Å². The quantitative estimate of drug-likeness (QED) is 0.598. The number of carboxylic acids is 1. The number of benzene rings is 1. The molecule has 3 aromatic rings. The minimum atomic E-state index is -0.991. The summed E-state index contributed by atoms with van der Waals surface area (Å²) >= 11 is 0. The zero-order valence-corrected chi connectivity index (χ0v) is 9.06. The van der Waals surface area contributed by atoms with Gasteiger partial charge in [-0.3, -0.25) is 0 Å². The number of nitrogens with one attached hydrogen (secondary N) is 1. The highest BCUT2D eigenvalue weighted by Gasteiger charge is 2.14. The highest BCUT2D eigenvalue weighted by molar-refractivity contribution is 6.08. The lowest BCUT2D eigenvalue weighted by Crippen LogP contribution is -1.95. The SMILES string of the molecule is Cn1c2ccc(O)cc2c2[nH]c(C(=O)O)cc21. The monoisotopic (exact) mass is 230 g/mol. The van der Waals surface area contributed by atoms with E-state index in [4.69, 9.17) is 5.11 Å². The fraction of sp³-hybridized carbons (Fsp3) is 0.0833. The van der Waals surface area contributed by atoms with E-state index >= 15 is 0 Å². The molecule has 3 N–H and O–H groups in total. The summed E-state index contributed by atoms with van der Waals surface area (Å²) in [5.41, 5.74) is 2.63. The highest BCUT2D eigenvalue weighted by Crippen LogP contribution is 2.30. The molecule has 0 fully saturated rings.